The summed E-state index contributed by atoms with van der Waals surface area (Å²) in [4.78, 5) is 26.1. The van der Waals surface area contributed by atoms with Crippen LogP contribution in [0.5, 0.6) is 0 Å². The molecule has 1 rings (SSSR count). The molecule has 0 aliphatic rings. The van der Waals surface area contributed by atoms with Crippen LogP contribution in [-0.4, -0.2) is 41.5 Å². The highest BCUT2D eigenvalue weighted by molar-refractivity contribution is 7.12. The van der Waals surface area contributed by atoms with Gasteiger partial charge in [-0.2, -0.15) is 0 Å². The molecular formula is C14H20N2O3S. The molecule has 1 aromatic heterocycles. The fourth-order valence-corrected chi connectivity index (χ4v) is 2.64. The molecule has 6 heteroatoms. The van der Waals surface area contributed by atoms with Crippen molar-refractivity contribution in [1.82, 2.24) is 10.2 Å². The van der Waals surface area contributed by atoms with E-state index in [1.54, 1.807) is 6.08 Å². The molecule has 0 atom stereocenters. The number of carbonyl (C=O) groups excluding carboxylic acids is 1. The summed E-state index contributed by atoms with van der Waals surface area (Å²) in [6.07, 6.45) is 2.71. The molecule has 0 aromatic carbocycles. The van der Waals surface area contributed by atoms with Crippen LogP contribution in [0.25, 0.3) is 6.08 Å². The number of thiophene rings is 1. The number of likely N-dealkylation sites (N-methyl/N-ethyl adjacent to an activating group) is 2. The van der Waals surface area contributed by atoms with Gasteiger partial charge in [0.2, 0.25) is 5.91 Å². The molecule has 0 saturated heterocycles. The molecule has 0 radical (unpaired) electrons. The quantitative estimate of drug-likeness (QED) is 0.718. The Morgan fingerprint density at radius 1 is 1.40 bits per heavy atom. The molecule has 0 bridgehead atoms. The van der Waals surface area contributed by atoms with E-state index in [9.17, 15) is 9.59 Å². The van der Waals surface area contributed by atoms with Gasteiger partial charge >= 0.3 is 5.97 Å². The lowest BCUT2D eigenvalue weighted by Crippen LogP contribution is -2.36. The summed E-state index contributed by atoms with van der Waals surface area (Å²) < 4.78 is 0. The van der Waals surface area contributed by atoms with Gasteiger partial charge in [-0.1, -0.05) is 6.92 Å². The van der Waals surface area contributed by atoms with Crippen LogP contribution in [-0.2, 0) is 16.1 Å². The van der Waals surface area contributed by atoms with Crippen molar-refractivity contribution in [2.24, 2.45) is 0 Å². The van der Waals surface area contributed by atoms with Gasteiger partial charge in [0.25, 0.3) is 0 Å². The summed E-state index contributed by atoms with van der Waals surface area (Å²) in [6, 6.07) is 3.85. The van der Waals surface area contributed by atoms with Gasteiger partial charge in [0.15, 0.2) is 0 Å². The van der Waals surface area contributed by atoms with Gasteiger partial charge in [-0.15, -0.1) is 11.3 Å². The second-order valence-electron chi connectivity index (χ2n) is 4.23. The Kier molecular flexibility index (Phi) is 6.97. The van der Waals surface area contributed by atoms with E-state index in [0.29, 0.717) is 19.6 Å². The van der Waals surface area contributed by atoms with E-state index in [1.165, 1.54) is 11.3 Å². The molecule has 1 heterocycles. The van der Waals surface area contributed by atoms with Crippen LogP contribution in [0.2, 0.25) is 0 Å². The van der Waals surface area contributed by atoms with Crippen molar-refractivity contribution in [2.75, 3.05) is 19.6 Å². The molecule has 1 aromatic rings. The minimum absolute atomic E-state index is 0.0249. The molecule has 0 unspecified atom stereocenters. The number of nitrogens with zero attached hydrogens (tertiary/aromatic N) is 1. The highest BCUT2D eigenvalue weighted by Crippen LogP contribution is 2.19. The first-order chi connectivity index (χ1) is 9.55. The summed E-state index contributed by atoms with van der Waals surface area (Å²) in [5.41, 5.74) is 0. The smallest absolute Gasteiger partial charge is 0.328 e. The van der Waals surface area contributed by atoms with Gasteiger partial charge in [0, 0.05) is 28.9 Å². The van der Waals surface area contributed by atoms with Gasteiger partial charge in [-0.3, -0.25) is 9.69 Å². The van der Waals surface area contributed by atoms with Crippen molar-refractivity contribution < 1.29 is 14.7 Å². The van der Waals surface area contributed by atoms with Crippen LogP contribution in [0.1, 0.15) is 23.6 Å². The van der Waals surface area contributed by atoms with Gasteiger partial charge in [0.1, 0.15) is 0 Å². The van der Waals surface area contributed by atoms with Crippen LogP contribution >= 0.6 is 11.3 Å². The lowest BCUT2D eigenvalue weighted by Gasteiger charge is -2.18. The summed E-state index contributed by atoms with van der Waals surface area (Å²) >= 11 is 1.54. The predicted molar refractivity (Wildman–Crippen MR) is 80.6 cm³/mol. The number of carbonyl (C=O) groups is 2. The van der Waals surface area contributed by atoms with Crippen molar-refractivity contribution in [3.8, 4) is 0 Å². The molecule has 0 aliphatic heterocycles. The van der Waals surface area contributed by atoms with Crippen molar-refractivity contribution in [2.45, 2.75) is 20.4 Å². The fourth-order valence-electron chi connectivity index (χ4n) is 1.68. The Balaban J connectivity index is 2.57. The SMILES string of the molecule is CCNC(=O)CN(CC)Cc1ccc(C=CC(=O)O)s1. The van der Waals surface area contributed by atoms with E-state index >= 15 is 0 Å². The molecule has 0 fully saturated rings. The number of rotatable bonds is 8. The molecule has 2 N–H and O–H groups in total. The lowest BCUT2D eigenvalue weighted by atomic mass is 10.3. The first kappa shape index (κ1) is 16.4. The molecule has 20 heavy (non-hydrogen) atoms. The molecular weight excluding hydrogens is 276 g/mol. The normalized spacial score (nSPS) is 11.2. The van der Waals surface area contributed by atoms with E-state index in [2.05, 4.69) is 5.32 Å². The number of aliphatic carboxylic acids is 1. The number of carboxylic acid groups (broad SMARTS) is 1. The number of nitrogens with one attached hydrogen (secondary N) is 1. The Hall–Kier alpha value is -1.66. The molecule has 110 valence electrons. The third-order valence-electron chi connectivity index (χ3n) is 2.64. The lowest BCUT2D eigenvalue weighted by molar-refractivity contribution is -0.131. The maximum absolute atomic E-state index is 11.6. The average Bonchev–Trinajstić information content (AvgIpc) is 2.83. The first-order valence-corrected chi connectivity index (χ1v) is 7.35. The zero-order valence-electron chi connectivity index (χ0n) is 11.8. The molecule has 1 amide bonds. The number of carboxylic acids is 1. The van der Waals surface area contributed by atoms with Gasteiger partial charge in [0.05, 0.1) is 6.54 Å². The number of hydrogen-bond donors (Lipinski definition) is 2. The highest BCUT2D eigenvalue weighted by Gasteiger charge is 2.10. The van der Waals surface area contributed by atoms with Crippen molar-refractivity contribution >= 4 is 29.3 Å². The Bertz CT molecular complexity index is 483. The van der Waals surface area contributed by atoms with E-state index in [1.807, 2.05) is 30.9 Å². The zero-order chi connectivity index (χ0) is 15.0. The van der Waals surface area contributed by atoms with E-state index < -0.39 is 5.97 Å². The monoisotopic (exact) mass is 296 g/mol. The van der Waals surface area contributed by atoms with E-state index in [4.69, 9.17) is 5.11 Å². The number of hydrogen-bond acceptors (Lipinski definition) is 4. The highest BCUT2D eigenvalue weighted by atomic mass is 32.1. The van der Waals surface area contributed by atoms with E-state index in [-0.39, 0.29) is 5.91 Å². The van der Waals surface area contributed by atoms with Crippen LogP contribution in [0.3, 0.4) is 0 Å². The standard InChI is InChI=1S/C14H20N2O3S/c1-3-15-13(17)10-16(4-2)9-12-6-5-11(20-12)7-8-14(18)19/h5-8H,3-4,9-10H2,1-2H3,(H,15,17)(H,18,19). The van der Waals surface area contributed by atoms with Crippen LogP contribution < -0.4 is 5.32 Å². The molecule has 0 saturated carbocycles. The minimum atomic E-state index is -0.952. The molecule has 0 spiro atoms. The second kappa shape index (κ2) is 8.50. The van der Waals surface area contributed by atoms with Crippen molar-refractivity contribution in [1.29, 1.82) is 0 Å². The Morgan fingerprint density at radius 2 is 2.15 bits per heavy atom. The summed E-state index contributed by atoms with van der Waals surface area (Å²) in [5.74, 6) is -0.928. The van der Waals surface area contributed by atoms with Gasteiger partial charge in [-0.05, 0) is 31.7 Å². The Morgan fingerprint density at radius 3 is 2.75 bits per heavy atom. The van der Waals surface area contributed by atoms with E-state index in [0.717, 1.165) is 22.4 Å². The third-order valence-corrected chi connectivity index (χ3v) is 3.68. The molecule has 5 nitrogen and oxygen atoms in total. The summed E-state index contributed by atoms with van der Waals surface area (Å²) in [7, 11) is 0. The van der Waals surface area contributed by atoms with Gasteiger partial charge in [-0.25, -0.2) is 4.79 Å². The van der Waals surface area contributed by atoms with Gasteiger partial charge < -0.3 is 10.4 Å². The first-order valence-electron chi connectivity index (χ1n) is 6.54. The maximum Gasteiger partial charge on any atom is 0.328 e. The van der Waals surface area contributed by atoms with Crippen LogP contribution in [0.4, 0.5) is 0 Å². The largest absolute Gasteiger partial charge is 0.478 e. The summed E-state index contributed by atoms with van der Waals surface area (Å²) in [6.45, 7) is 6.41. The third kappa shape index (κ3) is 5.99. The van der Waals surface area contributed by atoms with Crippen molar-refractivity contribution in [3.05, 3.63) is 28.0 Å². The van der Waals surface area contributed by atoms with Crippen molar-refractivity contribution in [3.63, 3.8) is 0 Å². The van der Waals surface area contributed by atoms with Crippen LogP contribution in [0, 0.1) is 0 Å². The Labute approximate surface area is 122 Å². The summed E-state index contributed by atoms with van der Waals surface area (Å²) in [5, 5.41) is 11.4. The minimum Gasteiger partial charge on any atom is -0.478 e. The fraction of sp³-hybridized carbons (Fsp3) is 0.429. The average molecular weight is 296 g/mol. The predicted octanol–water partition coefficient (Wildman–Crippen LogP) is 1.80. The maximum atomic E-state index is 11.6. The number of amides is 1. The second-order valence-corrected chi connectivity index (χ2v) is 5.43. The molecule has 0 aliphatic carbocycles. The van der Waals surface area contributed by atoms with Crippen LogP contribution in [0.15, 0.2) is 18.2 Å². The zero-order valence-corrected chi connectivity index (χ0v) is 12.6. The topological polar surface area (TPSA) is 69.6 Å².